The Bertz CT molecular complexity index is 556. The van der Waals surface area contributed by atoms with E-state index in [-0.39, 0.29) is 22.5 Å². The summed E-state index contributed by atoms with van der Waals surface area (Å²) in [6.07, 6.45) is 0. The molecule has 0 spiro atoms. The minimum atomic E-state index is -1.26. The Hall–Kier alpha value is -2.24. The van der Waals surface area contributed by atoms with Crippen molar-refractivity contribution in [2.75, 3.05) is 5.73 Å². The van der Waals surface area contributed by atoms with Gasteiger partial charge in [0, 0.05) is 5.39 Å². The van der Waals surface area contributed by atoms with Gasteiger partial charge in [0.15, 0.2) is 5.69 Å². The molecule has 0 amide bonds. The maximum Gasteiger partial charge on any atom is 0.355 e. The largest absolute Gasteiger partial charge is 0.476 e. The maximum atomic E-state index is 13.3. The lowest BCUT2D eigenvalue weighted by molar-refractivity contribution is 0.0693. The Morgan fingerprint density at radius 2 is 2.13 bits per heavy atom. The molecule has 0 saturated carbocycles. The molecular formula is C9H6FN3O2. The van der Waals surface area contributed by atoms with Gasteiger partial charge in [-0.15, -0.1) is 0 Å². The summed E-state index contributed by atoms with van der Waals surface area (Å²) in [4.78, 5) is 18.0. The van der Waals surface area contributed by atoms with Crippen molar-refractivity contribution in [2.45, 2.75) is 0 Å². The second-order valence-electron chi connectivity index (χ2n) is 2.87. The van der Waals surface area contributed by atoms with Crippen LogP contribution in [0, 0.1) is 5.82 Å². The van der Waals surface area contributed by atoms with Crippen LogP contribution < -0.4 is 5.73 Å². The first kappa shape index (κ1) is 9.32. The Kier molecular flexibility index (Phi) is 1.96. The van der Waals surface area contributed by atoms with E-state index in [4.69, 9.17) is 10.8 Å². The number of nitrogens with two attached hydrogens (primary N) is 1. The molecule has 5 nitrogen and oxygen atoms in total. The fourth-order valence-corrected chi connectivity index (χ4v) is 1.30. The lowest BCUT2D eigenvalue weighted by Crippen LogP contribution is -2.07. The summed E-state index contributed by atoms with van der Waals surface area (Å²) in [6.45, 7) is 0. The molecule has 15 heavy (non-hydrogen) atoms. The van der Waals surface area contributed by atoms with Crippen LogP contribution in [0.3, 0.4) is 0 Å². The first-order valence-electron chi connectivity index (χ1n) is 4.04. The van der Waals surface area contributed by atoms with E-state index < -0.39 is 11.8 Å². The molecule has 0 fully saturated rings. The van der Waals surface area contributed by atoms with Crippen molar-refractivity contribution in [1.82, 2.24) is 9.97 Å². The Labute approximate surface area is 83.4 Å². The van der Waals surface area contributed by atoms with Crippen LogP contribution >= 0.6 is 0 Å². The van der Waals surface area contributed by atoms with E-state index in [0.29, 0.717) is 0 Å². The topological polar surface area (TPSA) is 89.1 Å². The van der Waals surface area contributed by atoms with Crippen LogP contribution in [0.15, 0.2) is 18.2 Å². The van der Waals surface area contributed by atoms with Crippen LogP contribution in [-0.2, 0) is 0 Å². The number of aromatic carboxylic acids is 1. The number of carboxylic acids is 1. The number of nitrogen functional groups attached to an aromatic ring is 1. The van der Waals surface area contributed by atoms with Crippen LogP contribution in [0.4, 0.5) is 10.3 Å². The Balaban J connectivity index is 2.92. The number of rotatable bonds is 1. The van der Waals surface area contributed by atoms with Gasteiger partial charge in [-0.1, -0.05) is 12.1 Å². The van der Waals surface area contributed by atoms with Crippen molar-refractivity contribution in [3.63, 3.8) is 0 Å². The highest BCUT2D eigenvalue weighted by Crippen LogP contribution is 2.19. The quantitative estimate of drug-likeness (QED) is 0.729. The fraction of sp³-hybridized carbons (Fsp3) is 0. The second kappa shape index (κ2) is 3.16. The standard InChI is InChI=1S/C9H6FN3O2/c10-5-3-1-2-4-6(5)12-9(11)13-7(4)8(14)15/h1-3H,(H,14,15)(H2,11,12,13). The van der Waals surface area contributed by atoms with Gasteiger partial charge in [-0.25, -0.2) is 19.2 Å². The van der Waals surface area contributed by atoms with Crippen LogP contribution in [0.25, 0.3) is 10.9 Å². The van der Waals surface area contributed by atoms with Gasteiger partial charge in [-0.3, -0.25) is 0 Å². The monoisotopic (exact) mass is 207 g/mol. The zero-order valence-electron chi connectivity index (χ0n) is 7.44. The lowest BCUT2D eigenvalue weighted by atomic mass is 10.2. The summed E-state index contributed by atoms with van der Waals surface area (Å²) in [5.41, 5.74) is 4.90. The number of carbonyl (C=O) groups is 1. The first-order valence-corrected chi connectivity index (χ1v) is 4.04. The minimum Gasteiger partial charge on any atom is -0.476 e. The number of carboxylic acid groups (broad SMARTS) is 1. The average molecular weight is 207 g/mol. The molecule has 0 radical (unpaired) electrons. The summed E-state index contributed by atoms with van der Waals surface area (Å²) in [7, 11) is 0. The number of anilines is 1. The van der Waals surface area contributed by atoms with Crippen LogP contribution in [0.5, 0.6) is 0 Å². The number of nitrogens with zero attached hydrogens (tertiary/aromatic N) is 2. The predicted molar refractivity (Wildman–Crippen MR) is 50.9 cm³/mol. The van der Waals surface area contributed by atoms with Crippen LogP contribution in [0.1, 0.15) is 10.5 Å². The van der Waals surface area contributed by atoms with Gasteiger partial charge in [0.05, 0.1) is 0 Å². The van der Waals surface area contributed by atoms with Crippen molar-refractivity contribution < 1.29 is 14.3 Å². The molecule has 0 atom stereocenters. The first-order chi connectivity index (χ1) is 7.09. The SMILES string of the molecule is Nc1nc(C(=O)O)c2cccc(F)c2n1. The second-order valence-corrected chi connectivity index (χ2v) is 2.87. The van der Waals surface area contributed by atoms with Crippen molar-refractivity contribution in [1.29, 1.82) is 0 Å². The van der Waals surface area contributed by atoms with E-state index in [2.05, 4.69) is 9.97 Å². The third-order valence-corrected chi connectivity index (χ3v) is 1.90. The van der Waals surface area contributed by atoms with Gasteiger partial charge < -0.3 is 10.8 Å². The number of hydrogen-bond acceptors (Lipinski definition) is 4. The molecule has 2 rings (SSSR count). The van der Waals surface area contributed by atoms with Crippen molar-refractivity contribution in [3.05, 3.63) is 29.7 Å². The molecule has 0 aliphatic carbocycles. The van der Waals surface area contributed by atoms with Crippen molar-refractivity contribution in [2.24, 2.45) is 0 Å². The molecule has 0 unspecified atom stereocenters. The zero-order chi connectivity index (χ0) is 11.0. The molecule has 0 bridgehead atoms. The van der Waals surface area contributed by atoms with E-state index in [0.717, 1.165) is 0 Å². The Morgan fingerprint density at radius 3 is 2.80 bits per heavy atom. The summed E-state index contributed by atoms with van der Waals surface area (Å²) < 4.78 is 13.3. The molecule has 6 heteroatoms. The average Bonchev–Trinajstić information content (AvgIpc) is 2.18. The van der Waals surface area contributed by atoms with Crippen LogP contribution in [-0.4, -0.2) is 21.0 Å². The lowest BCUT2D eigenvalue weighted by Gasteiger charge is -2.02. The summed E-state index contributed by atoms with van der Waals surface area (Å²) in [6, 6.07) is 4.01. The normalized spacial score (nSPS) is 10.5. The number of aromatic nitrogens is 2. The number of para-hydroxylation sites is 1. The zero-order valence-corrected chi connectivity index (χ0v) is 7.44. The van der Waals surface area contributed by atoms with Crippen molar-refractivity contribution in [3.8, 4) is 0 Å². The summed E-state index contributed by atoms with van der Waals surface area (Å²) in [5.74, 6) is -2.14. The molecule has 1 aromatic carbocycles. The third kappa shape index (κ3) is 1.45. The molecule has 2 aromatic rings. The number of benzene rings is 1. The number of hydrogen-bond donors (Lipinski definition) is 2. The highest BCUT2D eigenvalue weighted by molar-refractivity contribution is 6.01. The van der Waals surface area contributed by atoms with Gasteiger partial charge in [0.2, 0.25) is 5.95 Å². The van der Waals surface area contributed by atoms with E-state index >= 15 is 0 Å². The highest BCUT2D eigenvalue weighted by atomic mass is 19.1. The highest BCUT2D eigenvalue weighted by Gasteiger charge is 2.14. The van der Waals surface area contributed by atoms with Crippen molar-refractivity contribution >= 4 is 22.8 Å². The Morgan fingerprint density at radius 1 is 1.40 bits per heavy atom. The minimum absolute atomic E-state index is 0.0811. The van der Waals surface area contributed by atoms with Gasteiger partial charge >= 0.3 is 5.97 Å². The molecule has 0 aliphatic rings. The third-order valence-electron chi connectivity index (χ3n) is 1.90. The molecule has 1 aromatic heterocycles. The van der Waals surface area contributed by atoms with E-state index in [1.54, 1.807) is 0 Å². The van der Waals surface area contributed by atoms with E-state index in [1.165, 1.54) is 18.2 Å². The molecular weight excluding hydrogens is 201 g/mol. The van der Waals surface area contributed by atoms with E-state index in [1.807, 2.05) is 0 Å². The fourth-order valence-electron chi connectivity index (χ4n) is 1.30. The smallest absolute Gasteiger partial charge is 0.355 e. The molecule has 0 saturated heterocycles. The van der Waals surface area contributed by atoms with Gasteiger partial charge in [0.1, 0.15) is 11.3 Å². The van der Waals surface area contributed by atoms with Crippen LogP contribution in [0.2, 0.25) is 0 Å². The summed E-state index contributed by atoms with van der Waals surface area (Å²) >= 11 is 0. The van der Waals surface area contributed by atoms with Gasteiger partial charge in [0.25, 0.3) is 0 Å². The molecule has 0 aliphatic heterocycles. The number of halogens is 1. The number of fused-ring (bicyclic) bond motifs is 1. The van der Waals surface area contributed by atoms with E-state index in [9.17, 15) is 9.18 Å². The molecule has 76 valence electrons. The maximum absolute atomic E-state index is 13.3. The molecule has 3 N–H and O–H groups in total. The van der Waals surface area contributed by atoms with Gasteiger partial charge in [-0.2, -0.15) is 0 Å². The predicted octanol–water partition coefficient (Wildman–Crippen LogP) is 1.05. The van der Waals surface area contributed by atoms with Gasteiger partial charge in [-0.05, 0) is 6.07 Å². The summed E-state index contributed by atoms with van der Waals surface area (Å²) in [5, 5.41) is 8.97. The molecule has 1 heterocycles.